The van der Waals surface area contributed by atoms with Crippen molar-refractivity contribution >= 4 is 21.9 Å². The van der Waals surface area contributed by atoms with Crippen molar-refractivity contribution < 1.29 is 20.9 Å². The molecule has 0 spiro atoms. The first-order valence-corrected chi connectivity index (χ1v) is 11.1. The van der Waals surface area contributed by atoms with E-state index in [9.17, 15) is 0 Å². The molecule has 0 N–H and O–H groups in total. The highest BCUT2D eigenvalue weighted by Crippen LogP contribution is 2.38. The number of aryl methyl sites for hydroxylation is 4. The first-order valence-electron chi connectivity index (χ1n) is 17.1. The molecule has 6 rings (SSSR count). The zero-order valence-corrected chi connectivity index (χ0v) is 18.5. The third-order valence-electron chi connectivity index (χ3n) is 6.23. The van der Waals surface area contributed by atoms with E-state index in [2.05, 4.69) is 4.98 Å². The Labute approximate surface area is 222 Å². The zero-order valence-electron chi connectivity index (χ0n) is 30.5. The van der Waals surface area contributed by atoms with E-state index in [1.807, 2.05) is 36.4 Å². The second kappa shape index (κ2) is 8.25. The van der Waals surface area contributed by atoms with E-state index in [1.54, 1.807) is 6.07 Å². The second-order valence-corrected chi connectivity index (χ2v) is 8.42. The minimum Gasteiger partial charge on any atom is -0.455 e. The normalized spacial score (nSPS) is 17.9. The number of para-hydroxylation sites is 2. The molecule has 0 saturated carbocycles. The highest BCUT2D eigenvalue weighted by atomic mass is 16.3. The Morgan fingerprint density at radius 3 is 2.20 bits per heavy atom. The third kappa shape index (κ3) is 3.63. The van der Waals surface area contributed by atoms with Gasteiger partial charge in [-0.1, -0.05) is 72.3 Å². The molecule has 0 bridgehead atoms. The lowest BCUT2D eigenvalue weighted by Gasteiger charge is -2.16. The van der Waals surface area contributed by atoms with Gasteiger partial charge in [0.25, 0.3) is 0 Å². The number of hydrogen-bond donors (Lipinski definition) is 0. The standard InChI is InChI=1S/C33H27NO/c1-20-12-14-24(15-13-20)28-16-22(3)29(17-21(28)2)30-18-31(34-19-23(30)4)27-10-7-9-26-25-8-5-6-11-32(25)35-33(26)27/h5-19H,1-4H3/i1D3,2D3,3D3,4D3. The Hall–Kier alpha value is -4.17. The van der Waals surface area contributed by atoms with Crippen molar-refractivity contribution in [1.29, 1.82) is 0 Å². The number of fused-ring (bicyclic) bond motifs is 3. The van der Waals surface area contributed by atoms with E-state index in [4.69, 9.17) is 20.9 Å². The van der Waals surface area contributed by atoms with Crippen molar-refractivity contribution in [2.75, 3.05) is 0 Å². The Balaban J connectivity index is 1.64. The Morgan fingerprint density at radius 1 is 0.629 bits per heavy atom. The van der Waals surface area contributed by atoms with E-state index in [-0.39, 0.29) is 38.9 Å². The van der Waals surface area contributed by atoms with E-state index in [0.29, 0.717) is 28.0 Å². The van der Waals surface area contributed by atoms with Gasteiger partial charge in [-0.15, -0.1) is 0 Å². The SMILES string of the molecule is [2H]C([2H])([2H])c1ccc(-c2cc(C([2H])([2H])[2H])c(-c3cc(-c4cccc5c4oc4ccccc45)ncc3C([2H])([2H])[2H])cc2C([2H])([2H])[2H])cc1. The zero-order chi connectivity index (χ0) is 34.1. The molecular weight excluding hydrogens is 426 g/mol. The molecular formula is C33H27NO. The quantitative estimate of drug-likeness (QED) is 0.260. The molecule has 2 heterocycles. The van der Waals surface area contributed by atoms with Gasteiger partial charge in [-0.05, 0) is 84.6 Å². The molecule has 6 aromatic rings. The van der Waals surface area contributed by atoms with E-state index >= 15 is 0 Å². The predicted octanol–water partition coefficient (Wildman–Crippen LogP) is 9.22. The predicted molar refractivity (Wildman–Crippen MR) is 147 cm³/mol. The fraction of sp³-hybridized carbons (Fsp3) is 0.121. The van der Waals surface area contributed by atoms with Crippen LogP contribution in [0, 0.1) is 27.4 Å². The molecule has 2 heteroatoms. The van der Waals surface area contributed by atoms with Crippen LogP contribution in [-0.4, -0.2) is 4.98 Å². The topological polar surface area (TPSA) is 26.0 Å². The summed E-state index contributed by atoms with van der Waals surface area (Å²) in [5.41, 5.74) is 1.52. The lowest BCUT2D eigenvalue weighted by atomic mass is 9.90. The van der Waals surface area contributed by atoms with Crippen molar-refractivity contribution in [2.45, 2.75) is 27.4 Å². The molecule has 2 nitrogen and oxygen atoms in total. The summed E-state index contributed by atoms with van der Waals surface area (Å²) in [5.74, 6) is 0. The van der Waals surface area contributed by atoms with Crippen LogP contribution in [-0.2, 0) is 0 Å². The highest BCUT2D eigenvalue weighted by Gasteiger charge is 2.16. The average Bonchev–Trinajstić information content (AvgIpc) is 3.37. The lowest BCUT2D eigenvalue weighted by Crippen LogP contribution is -1.94. The van der Waals surface area contributed by atoms with Crippen LogP contribution in [0.5, 0.6) is 0 Å². The minimum absolute atomic E-state index is 0.0101. The van der Waals surface area contributed by atoms with Crippen LogP contribution < -0.4 is 0 Å². The molecule has 0 saturated heterocycles. The Bertz CT molecular complexity index is 2130. The number of furan rings is 1. The lowest BCUT2D eigenvalue weighted by molar-refractivity contribution is 0.670. The van der Waals surface area contributed by atoms with Crippen LogP contribution in [0.2, 0.25) is 0 Å². The van der Waals surface area contributed by atoms with Crippen molar-refractivity contribution in [3.63, 3.8) is 0 Å². The van der Waals surface area contributed by atoms with Crippen LogP contribution in [0.25, 0.3) is 55.4 Å². The van der Waals surface area contributed by atoms with Crippen molar-refractivity contribution in [1.82, 2.24) is 4.98 Å². The molecule has 4 aromatic carbocycles. The van der Waals surface area contributed by atoms with Gasteiger partial charge in [-0.25, -0.2) is 0 Å². The summed E-state index contributed by atoms with van der Waals surface area (Å²) in [6.07, 6.45) is 1.17. The monoisotopic (exact) mass is 465 g/mol. The largest absolute Gasteiger partial charge is 0.455 e. The highest BCUT2D eigenvalue weighted by molar-refractivity contribution is 6.09. The van der Waals surface area contributed by atoms with Crippen LogP contribution in [0.1, 0.15) is 38.7 Å². The fourth-order valence-electron chi connectivity index (χ4n) is 4.49. The van der Waals surface area contributed by atoms with E-state index in [0.717, 1.165) is 10.8 Å². The Morgan fingerprint density at radius 2 is 1.37 bits per heavy atom. The number of aromatic nitrogens is 1. The summed E-state index contributed by atoms with van der Waals surface area (Å²) in [4.78, 5) is 4.46. The molecule has 0 aliphatic rings. The van der Waals surface area contributed by atoms with Gasteiger partial charge < -0.3 is 4.42 Å². The molecule has 35 heavy (non-hydrogen) atoms. The molecule has 0 atom stereocenters. The van der Waals surface area contributed by atoms with E-state index in [1.165, 1.54) is 48.7 Å². The summed E-state index contributed by atoms with van der Waals surface area (Å²) in [7, 11) is 0. The summed E-state index contributed by atoms with van der Waals surface area (Å²) < 4.78 is 104. The van der Waals surface area contributed by atoms with Crippen LogP contribution >= 0.6 is 0 Å². The summed E-state index contributed by atoms with van der Waals surface area (Å²) in [5, 5.41) is 1.68. The van der Waals surface area contributed by atoms with Gasteiger partial charge >= 0.3 is 0 Å². The molecule has 2 aromatic heterocycles. The first kappa shape index (κ1) is 12.0. The van der Waals surface area contributed by atoms with Gasteiger partial charge in [0.15, 0.2) is 0 Å². The maximum atomic E-state index is 8.43. The fourth-order valence-corrected chi connectivity index (χ4v) is 4.49. The molecule has 0 fully saturated rings. The summed E-state index contributed by atoms with van der Waals surface area (Å²) in [6.45, 7) is -10.7. The van der Waals surface area contributed by atoms with Crippen LogP contribution in [0.4, 0.5) is 0 Å². The van der Waals surface area contributed by atoms with Gasteiger partial charge in [-0.3, -0.25) is 4.98 Å². The molecule has 0 aliphatic heterocycles. The molecule has 0 radical (unpaired) electrons. The molecule has 170 valence electrons. The van der Waals surface area contributed by atoms with Crippen molar-refractivity contribution in [2.24, 2.45) is 0 Å². The third-order valence-corrected chi connectivity index (χ3v) is 6.23. The van der Waals surface area contributed by atoms with Gasteiger partial charge in [0.2, 0.25) is 0 Å². The van der Waals surface area contributed by atoms with Gasteiger partial charge in [0, 0.05) is 39.0 Å². The van der Waals surface area contributed by atoms with Gasteiger partial charge in [0.05, 0.1) is 5.69 Å². The minimum atomic E-state index is -2.80. The number of pyridine rings is 1. The smallest absolute Gasteiger partial charge is 0.144 e. The summed E-state index contributed by atoms with van der Waals surface area (Å²) >= 11 is 0. The van der Waals surface area contributed by atoms with E-state index < -0.39 is 27.4 Å². The van der Waals surface area contributed by atoms with Gasteiger partial charge in [-0.2, -0.15) is 0 Å². The maximum absolute atomic E-state index is 8.43. The molecule has 0 aliphatic carbocycles. The van der Waals surface area contributed by atoms with Crippen molar-refractivity contribution in [3.8, 4) is 33.5 Å². The molecule has 0 unspecified atom stereocenters. The first-order chi connectivity index (χ1) is 21.8. The number of rotatable bonds is 3. The molecule has 0 amide bonds. The van der Waals surface area contributed by atoms with Gasteiger partial charge in [0.1, 0.15) is 11.2 Å². The Kier molecular flexibility index (Phi) is 2.83. The number of hydrogen-bond acceptors (Lipinski definition) is 2. The number of nitrogens with zero attached hydrogens (tertiary/aromatic N) is 1. The second-order valence-electron chi connectivity index (χ2n) is 8.42. The average molecular weight is 466 g/mol. The van der Waals surface area contributed by atoms with Crippen molar-refractivity contribution in [3.05, 3.63) is 113 Å². The maximum Gasteiger partial charge on any atom is 0.144 e. The number of benzene rings is 4. The van der Waals surface area contributed by atoms with Crippen LogP contribution in [0.15, 0.2) is 95.5 Å². The van der Waals surface area contributed by atoms with Crippen LogP contribution in [0.3, 0.4) is 0 Å². The summed E-state index contributed by atoms with van der Waals surface area (Å²) in [6, 6.07) is 22.4.